The van der Waals surface area contributed by atoms with Crippen molar-refractivity contribution in [2.24, 2.45) is 0 Å². The number of hydrogen-bond donors (Lipinski definition) is 2. The molecule has 3 nitrogen and oxygen atoms in total. The molecular formula is C11H12FNO2. The van der Waals surface area contributed by atoms with E-state index in [2.05, 4.69) is 5.32 Å². The van der Waals surface area contributed by atoms with Crippen LogP contribution < -0.4 is 5.32 Å². The zero-order valence-electron chi connectivity index (χ0n) is 8.11. The second-order valence-electron chi connectivity index (χ2n) is 3.74. The minimum Gasteiger partial charge on any atom is -0.480 e. The van der Waals surface area contributed by atoms with Gasteiger partial charge < -0.3 is 5.11 Å². The van der Waals surface area contributed by atoms with Gasteiger partial charge in [0.15, 0.2) is 0 Å². The SMILES string of the molecule is O=C(O)C1CCC(c2ccc(F)cc2)N1. The number of rotatable bonds is 2. The van der Waals surface area contributed by atoms with Gasteiger partial charge in [-0.1, -0.05) is 12.1 Å². The van der Waals surface area contributed by atoms with Crippen molar-refractivity contribution in [3.8, 4) is 0 Å². The number of carboxylic acids is 1. The summed E-state index contributed by atoms with van der Waals surface area (Å²) in [5.41, 5.74) is 0.945. The molecular weight excluding hydrogens is 197 g/mol. The van der Waals surface area contributed by atoms with E-state index in [-0.39, 0.29) is 11.9 Å². The van der Waals surface area contributed by atoms with Gasteiger partial charge in [0.05, 0.1) is 0 Å². The Kier molecular flexibility index (Phi) is 2.68. The van der Waals surface area contributed by atoms with Crippen molar-refractivity contribution in [1.29, 1.82) is 0 Å². The van der Waals surface area contributed by atoms with E-state index in [1.54, 1.807) is 12.1 Å². The third kappa shape index (κ3) is 2.15. The summed E-state index contributed by atoms with van der Waals surface area (Å²) in [5, 5.41) is 11.8. The summed E-state index contributed by atoms with van der Waals surface area (Å²) in [7, 11) is 0. The quantitative estimate of drug-likeness (QED) is 0.779. The Bertz CT molecular complexity index is 363. The predicted octanol–water partition coefficient (Wildman–Crippen LogP) is 1.70. The average molecular weight is 209 g/mol. The molecule has 2 atom stereocenters. The summed E-state index contributed by atoms with van der Waals surface area (Å²) in [6.07, 6.45) is 1.40. The van der Waals surface area contributed by atoms with Crippen LogP contribution in [0, 0.1) is 5.82 Å². The fourth-order valence-corrected chi connectivity index (χ4v) is 1.90. The topological polar surface area (TPSA) is 49.3 Å². The highest BCUT2D eigenvalue weighted by atomic mass is 19.1. The van der Waals surface area contributed by atoms with Gasteiger partial charge >= 0.3 is 5.97 Å². The molecule has 0 aromatic heterocycles. The first-order valence-electron chi connectivity index (χ1n) is 4.91. The molecule has 0 bridgehead atoms. The normalized spacial score (nSPS) is 25.4. The Balaban J connectivity index is 2.07. The second-order valence-corrected chi connectivity index (χ2v) is 3.74. The molecule has 1 aromatic carbocycles. The first-order chi connectivity index (χ1) is 7.16. The number of hydrogen-bond acceptors (Lipinski definition) is 2. The van der Waals surface area contributed by atoms with Crippen molar-refractivity contribution in [2.45, 2.75) is 24.9 Å². The molecule has 0 spiro atoms. The van der Waals surface area contributed by atoms with Gasteiger partial charge in [-0.15, -0.1) is 0 Å². The molecule has 2 rings (SSSR count). The number of carboxylic acid groups (broad SMARTS) is 1. The number of halogens is 1. The Morgan fingerprint density at radius 3 is 2.53 bits per heavy atom. The van der Waals surface area contributed by atoms with E-state index >= 15 is 0 Å². The van der Waals surface area contributed by atoms with E-state index in [1.807, 2.05) is 0 Å². The smallest absolute Gasteiger partial charge is 0.320 e. The Morgan fingerprint density at radius 2 is 2.00 bits per heavy atom. The van der Waals surface area contributed by atoms with Crippen LogP contribution in [0.2, 0.25) is 0 Å². The van der Waals surface area contributed by atoms with Crippen LogP contribution in [0.1, 0.15) is 24.4 Å². The maximum atomic E-state index is 12.7. The highest BCUT2D eigenvalue weighted by Crippen LogP contribution is 2.26. The van der Waals surface area contributed by atoms with Gasteiger partial charge in [0.25, 0.3) is 0 Å². The van der Waals surface area contributed by atoms with E-state index in [9.17, 15) is 9.18 Å². The second kappa shape index (κ2) is 3.98. The predicted molar refractivity (Wildman–Crippen MR) is 52.9 cm³/mol. The monoisotopic (exact) mass is 209 g/mol. The lowest BCUT2D eigenvalue weighted by Crippen LogP contribution is -2.31. The van der Waals surface area contributed by atoms with E-state index in [0.29, 0.717) is 6.42 Å². The number of aliphatic carboxylic acids is 1. The van der Waals surface area contributed by atoms with Crippen molar-refractivity contribution >= 4 is 5.97 Å². The molecule has 1 heterocycles. The molecule has 0 radical (unpaired) electrons. The van der Waals surface area contributed by atoms with Crippen molar-refractivity contribution < 1.29 is 14.3 Å². The maximum Gasteiger partial charge on any atom is 0.320 e. The molecule has 0 amide bonds. The van der Waals surface area contributed by atoms with Crippen molar-refractivity contribution in [3.63, 3.8) is 0 Å². The van der Waals surface area contributed by atoms with Crippen molar-refractivity contribution in [2.75, 3.05) is 0 Å². The van der Waals surface area contributed by atoms with Crippen LogP contribution in [0.25, 0.3) is 0 Å². The van der Waals surface area contributed by atoms with Crippen LogP contribution in [0.3, 0.4) is 0 Å². The summed E-state index contributed by atoms with van der Waals surface area (Å²) in [6, 6.07) is 5.73. The van der Waals surface area contributed by atoms with Gasteiger partial charge in [-0.05, 0) is 30.5 Å². The van der Waals surface area contributed by atoms with Crippen LogP contribution in [0.4, 0.5) is 4.39 Å². The van der Waals surface area contributed by atoms with Gasteiger partial charge in [-0.25, -0.2) is 4.39 Å². The zero-order chi connectivity index (χ0) is 10.8. The molecule has 1 fully saturated rings. The first kappa shape index (κ1) is 10.1. The molecule has 4 heteroatoms. The highest BCUT2D eigenvalue weighted by Gasteiger charge is 2.29. The molecule has 15 heavy (non-hydrogen) atoms. The number of nitrogens with one attached hydrogen (secondary N) is 1. The minimum atomic E-state index is -0.820. The molecule has 1 aliphatic rings. The first-order valence-corrected chi connectivity index (χ1v) is 4.91. The van der Waals surface area contributed by atoms with Gasteiger partial charge in [0, 0.05) is 6.04 Å². The fraction of sp³-hybridized carbons (Fsp3) is 0.364. The van der Waals surface area contributed by atoms with Crippen LogP contribution in [-0.2, 0) is 4.79 Å². The van der Waals surface area contributed by atoms with Gasteiger partial charge in [0.1, 0.15) is 11.9 Å². The van der Waals surface area contributed by atoms with Gasteiger partial charge in [0.2, 0.25) is 0 Å². The fourth-order valence-electron chi connectivity index (χ4n) is 1.90. The summed E-state index contributed by atoms with van der Waals surface area (Å²) in [5.74, 6) is -1.09. The minimum absolute atomic E-state index is 0.0340. The number of carbonyl (C=O) groups is 1. The van der Waals surface area contributed by atoms with Crippen LogP contribution >= 0.6 is 0 Å². The molecule has 1 aliphatic heterocycles. The summed E-state index contributed by atoms with van der Waals surface area (Å²) < 4.78 is 12.7. The molecule has 80 valence electrons. The number of benzene rings is 1. The van der Waals surface area contributed by atoms with Crippen LogP contribution in [0.5, 0.6) is 0 Å². The zero-order valence-corrected chi connectivity index (χ0v) is 8.11. The summed E-state index contributed by atoms with van der Waals surface area (Å²) >= 11 is 0. The maximum absolute atomic E-state index is 12.7. The molecule has 1 saturated heterocycles. The highest BCUT2D eigenvalue weighted by molar-refractivity contribution is 5.73. The molecule has 0 aliphatic carbocycles. The van der Waals surface area contributed by atoms with Gasteiger partial charge in [-0.3, -0.25) is 10.1 Å². The Hall–Kier alpha value is -1.42. The molecule has 1 aromatic rings. The Labute approximate surface area is 86.9 Å². The molecule has 0 saturated carbocycles. The van der Waals surface area contributed by atoms with Crippen LogP contribution in [0.15, 0.2) is 24.3 Å². The van der Waals surface area contributed by atoms with Crippen LogP contribution in [-0.4, -0.2) is 17.1 Å². The third-order valence-corrected chi connectivity index (χ3v) is 2.72. The largest absolute Gasteiger partial charge is 0.480 e. The van der Waals surface area contributed by atoms with E-state index in [0.717, 1.165) is 12.0 Å². The van der Waals surface area contributed by atoms with E-state index < -0.39 is 12.0 Å². The summed E-state index contributed by atoms with van der Waals surface area (Å²) in [6.45, 7) is 0. The van der Waals surface area contributed by atoms with Crippen molar-refractivity contribution in [1.82, 2.24) is 5.32 Å². The molecule has 2 unspecified atom stereocenters. The lowest BCUT2D eigenvalue weighted by molar-refractivity contribution is -0.139. The lowest BCUT2D eigenvalue weighted by atomic mass is 10.1. The standard InChI is InChI=1S/C11H12FNO2/c12-8-3-1-7(2-4-8)9-5-6-10(13-9)11(14)15/h1-4,9-10,13H,5-6H2,(H,14,15). The van der Waals surface area contributed by atoms with E-state index in [4.69, 9.17) is 5.11 Å². The third-order valence-electron chi connectivity index (χ3n) is 2.72. The summed E-state index contributed by atoms with van der Waals surface area (Å²) in [4.78, 5) is 10.7. The molecule has 2 N–H and O–H groups in total. The van der Waals surface area contributed by atoms with E-state index in [1.165, 1.54) is 12.1 Å². The average Bonchev–Trinajstić information content (AvgIpc) is 2.68. The van der Waals surface area contributed by atoms with Gasteiger partial charge in [-0.2, -0.15) is 0 Å². The lowest BCUT2D eigenvalue weighted by Gasteiger charge is -2.11. The van der Waals surface area contributed by atoms with Crippen molar-refractivity contribution in [3.05, 3.63) is 35.6 Å². The Morgan fingerprint density at radius 1 is 1.33 bits per heavy atom.